The lowest BCUT2D eigenvalue weighted by molar-refractivity contribution is 0.0851. The first-order chi connectivity index (χ1) is 10.1. The summed E-state index contributed by atoms with van der Waals surface area (Å²) in [6.07, 6.45) is 1.18. The number of aliphatic hydroxyl groups is 1. The van der Waals surface area contributed by atoms with Crippen LogP contribution in [0.15, 0.2) is 53.5 Å². The van der Waals surface area contributed by atoms with Crippen LogP contribution in [-0.2, 0) is 6.42 Å². The number of aromatic nitrogens is 1. The molecule has 1 aromatic heterocycles. The van der Waals surface area contributed by atoms with Gasteiger partial charge in [-0.2, -0.15) is 0 Å². The second kappa shape index (κ2) is 6.85. The molecule has 5 heteroatoms. The first-order valence-corrected chi connectivity index (χ1v) is 6.78. The Morgan fingerprint density at radius 1 is 1.29 bits per heavy atom. The van der Waals surface area contributed by atoms with E-state index in [9.17, 15) is 14.7 Å². The van der Waals surface area contributed by atoms with Crippen LogP contribution in [0.3, 0.4) is 0 Å². The lowest BCUT2D eigenvalue weighted by Gasteiger charge is -2.20. The summed E-state index contributed by atoms with van der Waals surface area (Å²) in [5.74, 6) is -0.374. The molecule has 5 nitrogen and oxygen atoms in total. The van der Waals surface area contributed by atoms with E-state index in [2.05, 4.69) is 10.3 Å². The first kappa shape index (κ1) is 15.0. The van der Waals surface area contributed by atoms with Crippen LogP contribution in [0.25, 0.3) is 0 Å². The Hall–Kier alpha value is -2.40. The summed E-state index contributed by atoms with van der Waals surface area (Å²) in [7, 11) is 0. The molecule has 0 aliphatic heterocycles. The molecule has 0 saturated carbocycles. The number of aliphatic hydroxyl groups excluding tert-OH is 1. The van der Waals surface area contributed by atoms with Crippen molar-refractivity contribution in [3.63, 3.8) is 0 Å². The van der Waals surface area contributed by atoms with Crippen molar-refractivity contribution in [3.05, 3.63) is 70.1 Å². The SMILES string of the molecule is CC(NC(=O)c1cc[nH]c(=O)c1)C(O)Cc1ccccc1. The highest BCUT2D eigenvalue weighted by atomic mass is 16.3. The van der Waals surface area contributed by atoms with E-state index in [0.29, 0.717) is 6.42 Å². The third kappa shape index (κ3) is 4.29. The molecule has 21 heavy (non-hydrogen) atoms. The van der Waals surface area contributed by atoms with Crippen LogP contribution >= 0.6 is 0 Å². The number of hydrogen-bond donors (Lipinski definition) is 3. The summed E-state index contributed by atoms with van der Waals surface area (Å²) in [5, 5.41) is 12.8. The maximum atomic E-state index is 12.0. The average molecular weight is 286 g/mol. The first-order valence-electron chi connectivity index (χ1n) is 6.78. The molecule has 2 aromatic rings. The summed E-state index contributed by atoms with van der Waals surface area (Å²) in [5.41, 5.74) is 0.944. The molecule has 1 heterocycles. The normalized spacial score (nSPS) is 13.4. The van der Waals surface area contributed by atoms with Gasteiger partial charge in [-0.05, 0) is 18.6 Å². The smallest absolute Gasteiger partial charge is 0.251 e. The van der Waals surface area contributed by atoms with Gasteiger partial charge in [0.05, 0.1) is 12.1 Å². The molecule has 0 saturated heterocycles. The van der Waals surface area contributed by atoms with E-state index in [1.165, 1.54) is 18.3 Å². The Labute approximate surface area is 122 Å². The molecule has 2 atom stereocenters. The molecule has 0 bridgehead atoms. The van der Waals surface area contributed by atoms with Crippen LogP contribution in [0.1, 0.15) is 22.8 Å². The number of pyridine rings is 1. The zero-order valence-corrected chi connectivity index (χ0v) is 11.7. The van der Waals surface area contributed by atoms with Gasteiger partial charge in [-0.25, -0.2) is 0 Å². The van der Waals surface area contributed by atoms with Crippen molar-refractivity contribution in [2.45, 2.75) is 25.5 Å². The summed E-state index contributed by atoms with van der Waals surface area (Å²) in [6.45, 7) is 1.73. The van der Waals surface area contributed by atoms with E-state index in [-0.39, 0.29) is 17.0 Å². The van der Waals surface area contributed by atoms with Crippen LogP contribution in [0.4, 0.5) is 0 Å². The molecule has 3 N–H and O–H groups in total. The molecule has 1 aromatic carbocycles. The van der Waals surface area contributed by atoms with Crippen molar-refractivity contribution in [3.8, 4) is 0 Å². The van der Waals surface area contributed by atoms with Gasteiger partial charge in [-0.1, -0.05) is 30.3 Å². The van der Waals surface area contributed by atoms with Gasteiger partial charge in [0, 0.05) is 24.2 Å². The van der Waals surface area contributed by atoms with E-state index >= 15 is 0 Å². The fourth-order valence-corrected chi connectivity index (χ4v) is 2.00. The number of H-pyrrole nitrogens is 1. The number of amides is 1. The van der Waals surface area contributed by atoms with Crippen molar-refractivity contribution in [1.29, 1.82) is 0 Å². The minimum Gasteiger partial charge on any atom is -0.391 e. The van der Waals surface area contributed by atoms with Crippen molar-refractivity contribution < 1.29 is 9.90 Å². The van der Waals surface area contributed by atoms with Gasteiger partial charge in [0.25, 0.3) is 5.91 Å². The van der Waals surface area contributed by atoms with Crippen molar-refractivity contribution in [1.82, 2.24) is 10.3 Å². The minimum atomic E-state index is -0.696. The lowest BCUT2D eigenvalue weighted by Crippen LogP contribution is -2.42. The molecule has 2 rings (SSSR count). The quantitative estimate of drug-likeness (QED) is 0.769. The van der Waals surface area contributed by atoms with E-state index in [1.807, 2.05) is 30.3 Å². The highest BCUT2D eigenvalue weighted by molar-refractivity contribution is 5.94. The van der Waals surface area contributed by atoms with Crippen molar-refractivity contribution in [2.75, 3.05) is 0 Å². The molecule has 2 unspecified atom stereocenters. The van der Waals surface area contributed by atoms with E-state index in [1.54, 1.807) is 6.92 Å². The minimum absolute atomic E-state index is 0.275. The zero-order valence-electron chi connectivity index (χ0n) is 11.7. The lowest BCUT2D eigenvalue weighted by atomic mass is 10.0. The third-order valence-corrected chi connectivity index (χ3v) is 3.26. The van der Waals surface area contributed by atoms with Gasteiger partial charge >= 0.3 is 0 Å². The van der Waals surface area contributed by atoms with Gasteiger partial charge < -0.3 is 15.4 Å². The molecule has 110 valence electrons. The maximum absolute atomic E-state index is 12.0. The summed E-state index contributed by atoms with van der Waals surface area (Å²) in [4.78, 5) is 25.6. The zero-order chi connectivity index (χ0) is 15.2. The van der Waals surface area contributed by atoms with Gasteiger partial charge in [0.15, 0.2) is 0 Å². The molecule has 0 spiro atoms. The number of aromatic amines is 1. The largest absolute Gasteiger partial charge is 0.391 e. The second-order valence-corrected chi connectivity index (χ2v) is 4.96. The molecule has 1 amide bonds. The van der Waals surface area contributed by atoms with Gasteiger partial charge in [-0.3, -0.25) is 9.59 Å². The predicted octanol–water partition coefficient (Wildman–Crippen LogP) is 1.10. The fraction of sp³-hybridized carbons (Fsp3) is 0.250. The van der Waals surface area contributed by atoms with Crippen LogP contribution < -0.4 is 10.9 Å². The molecular weight excluding hydrogens is 268 g/mol. The van der Waals surface area contributed by atoms with Crippen LogP contribution in [0, 0.1) is 0 Å². The number of carbonyl (C=O) groups is 1. The van der Waals surface area contributed by atoms with Gasteiger partial charge in [0.2, 0.25) is 5.56 Å². The van der Waals surface area contributed by atoms with E-state index < -0.39 is 12.1 Å². The van der Waals surface area contributed by atoms with Gasteiger partial charge in [0.1, 0.15) is 0 Å². The molecule has 0 aliphatic rings. The third-order valence-electron chi connectivity index (χ3n) is 3.26. The standard InChI is InChI=1S/C16H18N2O3/c1-11(14(19)9-12-5-3-2-4-6-12)18-16(21)13-7-8-17-15(20)10-13/h2-8,10-11,14,19H,9H2,1H3,(H,17,20)(H,18,21). The highest BCUT2D eigenvalue weighted by Crippen LogP contribution is 2.06. The number of benzene rings is 1. The number of rotatable bonds is 5. The summed E-state index contributed by atoms with van der Waals surface area (Å²) in [6, 6.07) is 11.9. The topological polar surface area (TPSA) is 82.2 Å². The fourth-order valence-electron chi connectivity index (χ4n) is 2.00. The Morgan fingerprint density at radius 2 is 2.00 bits per heavy atom. The Balaban J connectivity index is 1.96. The highest BCUT2D eigenvalue weighted by Gasteiger charge is 2.18. The number of nitrogens with one attached hydrogen (secondary N) is 2. The van der Waals surface area contributed by atoms with Crippen LogP contribution in [0.2, 0.25) is 0 Å². The van der Waals surface area contributed by atoms with Crippen LogP contribution in [-0.4, -0.2) is 28.1 Å². The monoisotopic (exact) mass is 286 g/mol. The summed E-state index contributed by atoms with van der Waals surface area (Å²) >= 11 is 0. The molecule has 0 radical (unpaired) electrons. The Morgan fingerprint density at radius 3 is 2.67 bits per heavy atom. The second-order valence-electron chi connectivity index (χ2n) is 4.96. The van der Waals surface area contributed by atoms with Gasteiger partial charge in [-0.15, -0.1) is 0 Å². The van der Waals surface area contributed by atoms with E-state index in [0.717, 1.165) is 5.56 Å². The maximum Gasteiger partial charge on any atom is 0.251 e. The Bertz CT molecular complexity index is 652. The summed E-state index contributed by atoms with van der Waals surface area (Å²) < 4.78 is 0. The molecular formula is C16H18N2O3. The molecule has 0 aliphatic carbocycles. The Kier molecular flexibility index (Phi) is 4.90. The number of carbonyl (C=O) groups excluding carboxylic acids is 1. The van der Waals surface area contributed by atoms with Crippen molar-refractivity contribution >= 4 is 5.91 Å². The predicted molar refractivity (Wildman–Crippen MR) is 80.1 cm³/mol. The average Bonchev–Trinajstić information content (AvgIpc) is 2.48. The van der Waals surface area contributed by atoms with E-state index in [4.69, 9.17) is 0 Å². The van der Waals surface area contributed by atoms with Crippen molar-refractivity contribution in [2.24, 2.45) is 0 Å². The number of hydrogen-bond acceptors (Lipinski definition) is 3. The molecule has 0 fully saturated rings. The van der Waals surface area contributed by atoms with Crippen LogP contribution in [0.5, 0.6) is 0 Å².